The van der Waals surface area contributed by atoms with E-state index in [1.807, 2.05) is 64.6 Å². The number of nitrogens with zero attached hydrogens (tertiary/aromatic N) is 2. The number of benzene rings is 2. The lowest BCUT2D eigenvalue weighted by atomic mass is 10.0. The Hall–Kier alpha value is -3.80. The van der Waals surface area contributed by atoms with Crippen molar-refractivity contribution in [2.45, 2.75) is 13.2 Å². The van der Waals surface area contributed by atoms with Crippen LogP contribution in [0, 0.1) is 0 Å². The third kappa shape index (κ3) is 4.91. The van der Waals surface area contributed by atoms with Crippen molar-refractivity contribution in [3.63, 3.8) is 0 Å². The molecule has 0 aliphatic heterocycles. The summed E-state index contributed by atoms with van der Waals surface area (Å²) in [6.45, 7) is 0.777. The summed E-state index contributed by atoms with van der Waals surface area (Å²) in [6.07, 6.45) is 3.30. The second-order valence-corrected chi connectivity index (χ2v) is 7.89. The molecule has 0 fully saturated rings. The molecular formula is C26H28N2O4. The highest BCUT2D eigenvalue weighted by Gasteiger charge is 2.13. The summed E-state index contributed by atoms with van der Waals surface area (Å²) in [5, 5.41) is 0. The third-order valence-electron chi connectivity index (χ3n) is 5.11. The van der Waals surface area contributed by atoms with Crippen LogP contribution in [0.1, 0.15) is 11.5 Å². The van der Waals surface area contributed by atoms with E-state index < -0.39 is 0 Å². The average molecular weight is 433 g/mol. The van der Waals surface area contributed by atoms with E-state index in [9.17, 15) is 0 Å². The molecule has 0 unspecified atom stereocenters. The Morgan fingerprint density at radius 3 is 1.41 bits per heavy atom. The first-order chi connectivity index (χ1) is 15.5. The van der Waals surface area contributed by atoms with Gasteiger partial charge in [0.2, 0.25) is 0 Å². The normalized spacial score (nSPS) is 10.8. The first-order valence-corrected chi connectivity index (χ1v) is 10.4. The van der Waals surface area contributed by atoms with Crippen LogP contribution in [0.15, 0.2) is 82.0 Å². The maximum absolute atomic E-state index is 6.01. The molecule has 0 saturated carbocycles. The molecule has 0 amide bonds. The van der Waals surface area contributed by atoms with Gasteiger partial charge in [-0.05, 0) is 59.7 Å². The Kier molecular flexibility index (Phi) is 6.40. The zero-order valence-electron chi connectivity index (χ0n) is 18.9. The molecular weight excluding hydrogens is 404 g/mol. The largest absolute Gasteiger partial charge is 0.483 e. The van der Waals surface area contributed by atoms with Crippen molar-refractivity contribution >= 4 is 11.4 Å². The maximum Gasteiger partial charge on any atom is 0.146 e. The quantitative estimate of drug-likeness (QED) is 0.332. The van der Waals surface area contributed by atoms with Crippen LogP contribution >= 0.6 is 0 Å². The first kappa shape index (κ1) is 21.4. The molecule has 4 aromatic rings. The van der Waals surface area contributed by atoms with Gasteiger partial charge in [0.25, 0.3) is 0 Å². The fraction of sp³-hybridized carbons (Fsp3) is 0.231. The predicted octanol–water partition coefficient (Wildman–Crippen LogP) is 5.83. The maximum atomic E-state index is 6.01. The standard InChI is InChI=1S/C26H28N2O4/c1-27(2)23-15-19(9-11-25(23)31-17-21-7-5-13-29-21)20-10-12-26(24(16-20)28(3)4)32-18-22-8-6-14-30-22/h5-16H,17-18H2,1-4H3. The van der Waals surface area contributed by atoms with Gasteiger partial charge in [0, 0.05) is 28.2 Å². The molecule has 4 rings (SSSR count). The summed E-state index contributed by atoms with van der Waals surface area (Å²) in [5.74, 6) is 3.20. The summed E-state index contributed by atoms with van der Waals surface area (Å²) in [7, 11) is 8.04. The molecule has 0 saturated heterocycles. The number of hydrogen-bond donors (Lipinski definition) is 0. The topological polar surface area (TPSA) is 51.2 Å². The van der Waals surface area contributed by atoms with Crippen LogP contribution in [-0.2, 0) is 13.2 Å². The second-order valence-electron chi connectivity index (χ2n) is 7.89. The molecule has 2 heterocycles. The number of furan rings is 2. The van der Waals surface area contributed by atoms with E-state index in [-0.39, 0.29) is 0 Å². The molecule has 0 atom stereocenters. The van der Waals surface area contributed by atoms with Crippen molar-refractivity contribution < 1.29 is 18.3 Å². The van der Waals surface area contributed by atoms with Gasteiger partial charge in [-0.15, -0.1) is 0 Å². The van der Waals surface area contributed by atoms with Crippen molar-refractivity contribution in [1.82, 2.24) is 0 Å². The number of ether oxygens (including phenoxy) is 2. The lowest BCUT2D eigenvalue weighted by Gasteiger charge is -2.21. The smallest absolute Gasteiger partial charge is 0.146 e. The molecule has 32 heavy (non-hydrogen) atoms. The van der Waals surface area contributed by atoms with Crippen LogP contribution in [0.2, 0.25) is 0 Å². The summed E-state index contributed by atoms with van der Waals surface area (Å²) in [6, 6.07) is 20.0. The van der Waals surface area contributed by atoms with Gasteiger partial charge in [0.05, 0.1) is 23.9 Å². The molecule has 2 aromatic heterocycles. The van der Waals surface area contributed by atoms with Crippen LogP contribution in [0.5, 0.6) is 11.5 Å². The van der Waals surface area contributed by atoms with Crippen LogP contribution in [0.4, 0.5) is 11.4 Å². The predicted molar refractivity (Wildman–Crippen MR) is 127 cm³/mol. The zero-order chi connectivity index (χ0) is 22.5. The molecule has 0 bridgehead atoms. The average Bonchev–Trinajstić information content (AvgIpc) is 3.50. The lowest BCUT2D eigenvalue weighted by Crippen LogP contribution is -2.11. The van der Waals surface area contributed by atoms with Crippen molar-refractivity contribution in [3.8, 4) is 22.6 Å². The highest BCUT2D eigenvalue weighted by molar-refractivity contribution is 5.76. The number of anilines is 2. The minimum atomic E-state index is 0.389. The third-order valence-corrected chi connectivity index (χ3v) is 5.11. The molecule has 2 aromatic carbocycles. The minimum Gasteiger partial charge on any atom is -0.483 e. The first-order valence-electron chi connectivity index (χ1n) is 10.4. The van der Waals surface area contributed by atoms with Crippen molar-refractivity contribution in [2.24, 2.45) is 0 Å². The molecule has 6 nitrogen and oxygen atoms in total. The summed E-state index contributed by atoms with van der Waals surface area (Å²) in [4.78, 5) is 4.10. The summed E-state index contributed by atoms with van der Waals surface area (Å²) >= 11 is 0. The van der Waals surface area contributed by atoms with Crippen molar-refractivity contribution in [1.29, 1.82) is 0 Å². The van der Waals surface area contributed by atoms with E-state index in [4.69, 9.17) is 18.3 Å². The van der Waals surface area contributed by atoms with Gasteiger partial charge in [-0.1, -0.05) is 12.1 Å². The van der Waals surface area contributed by atoms with Gasteiger partial charge in [0.15, 0.2) is 0 Å². The monoisotopic (exact) mass is 432 g/mol. The molecule has 0 aliphatic carbocycles. The highest BCUT2D eigenvalue weighted by Crippen LogP contribution is 2.37. The summed E-state index contributed by atoms with van der Waals surface area (Å²) in [5.41, 5.74) is 4.19. The zero-order valence-corrected chi connectivity index (χ0v) is 18.9. The Balaban J connectivity index is 1.58. The van der Waals surface area contributed by atoms with Gasteiger partial charge in [-0.25, -0.2) is 0 Å². The van der Waals surface area contributed by atoms with Gasteiger partial charge >= 0.3 is 0 Å². The number of rotatable bonds is 9. The molecule has 6 heteroatoms. The Morgan fingerprint density at radius 1 is 0.625 bits per heavy atom. The van der Waals surface area contributed by atoms with Crippen LogP contribution in [-0.4, -0.2) is 28.2 Å². The molecule has 0 spiro atoms. The van der Waals surface area contributed by atoms with Gasteiger partial charge in [-0.2, -0.15) is 0 Å². The van der Waals surface area contributed by atoms with Crippen LogP contribution in [0.25, 0.3) is 11.1 Å². The summed E-state index contributed by atoms with van der Waals surface area (Å²) < 4.78 is 22.8. The second kappa shape index (κ2) is 9.56. The molecule has 0 radical (unpaired) electrons. The lowest BCUT2D eigenvalue weighted by molar-refractivity contribution is 0.271. The van der Waals surface area contributed by atoms with E-state index in [1.54, 1.807) is 12.5 Å². The Bertz CT molecular complexity index is 1040. The SMILES string of the molecule is CN(C)c1cc(-c2ccc(OCc3ccco3)c(N(C)C)c2)ccc1OCc1ccco1. The highest BCUT2D eigenvalue weighted by atomic mass is 16.5. The fourth-order valence-corrected chi connectivity index (χ4v) is 3.42. The Labute approximate surface area is 188 Å². The van der Waals surface area contributed by atoms with Crippen molar-refractivity contribution in [3.05, 3.63) is 84.7 Å². The van der Waals surface area contributed by atoms with Gasteiger partial charge in [0.1, 0.15) is 36.2 Å². The molecule has 0 aliphatic rings. The van der Waals surface area contributed by atoms with Gasteiger partial charge < -0.3 is 28.1 Å². The number of hydrogen-bond acceptors (Lipinski definition) is 6. The molecule has 166 valence electrons. The molecule has 0 N–H and O–H groups in total. The fourth-order valence-electron chi connectivity index (χ4n) is 3.42. The van der Waals surface area contributed by atoms with Crippen LogP contribution in [0.3, 0.4) is 0 Å². The van der Waals surface area contributed by atoms with Crippen molar-refractivity contribution in [2.75, 3.05) is 38.0 Å². The van der Waals surface area contributed by atoms with E-state index in [2.05, 4.69) is 34.1 Å². The van der Waals surface area contributed by atoms with E-state index in [0.29, 0.717) is 13.2 Å². The van der Waals surface area contributed by atoms with E-state index in [0.717, 1.165) is 45.5 Å². The minimum absolute atomic E-state index is 0.389. The van der Waals surface area contributed by atoms with Crippen LogP contribution < -0.4 is 19.3 Å². The Morgan fingerprint density at radius 2 is 1.06 bits per heavy atom. The van der Waals surface area contributed by atoms with Gasteiger partial charge in [-0.3, -0.25) is 0 Å². The van der Waals surface area contributed by atoms with E-state index in [1.165, 1.54) is 0 Å². The van der Waals surface area contributed by atoms with E-state index >= 15 is 0 Å².